The molecule has 0 bridgehead atoms. The van der Waals surface area contributed by atoms with Crippen molar-refractivity contribution in [1.29, 1.82) is 0 Å². The van der Waals surface area contributed by atoms with Crippen molar-refractivity contribution in [2.24, 2.45) is 0 Å². The van der Waals surface area contributed by atoms with Crippen molar-refractivity contribution >= 4 is 21.6 Å². The van der Waals surface area contributed by atoms with E-state index in [-0.39, 0.29) is 10.8 Å². The van der Waals surface area contributed by atoms with E-state index in [9.17, 15) is 26.4 Å². The standard InChI is InChI=1S/C18H19F3N2O3S/c1-17(2,13-6-4-3-5-7-13)16(24)23-14-8-10-15(11-9-14)27(25,26)22-12-18(19,20)21/h3-11,22H,12H2,1-2H3,(H,23,24). The first-order chi connectivity index (χ1) is 12.4. The second kappa shape index (κ2) is 7.69. The van der Waals surface area contributed by atoms with Crippen LogP contribution >= 0.6 is 0 Å². The van der Waals surface area contributed by atoms with Gasteiger partial charge in [-0.1, -0.05) is 30.3 Å². The summed E-state index contributed by atoms with van der Waals surface area (Å²) in [4.78, 5) is 12.2. The van der Waals surface area contributed by atoms with Gasteiger partial charge in [0, 0.05) is 5.69 Å². The Hall–Kier alpha value is -2.39. The number of benzene rings is 2. The van der Waals surface area contributed by atoms with Gasteiger partial charge in [0.1, 0.15) is 6.54 Å². The first-order valence-corrected chi connectivity index (χ1v) is 9.43. The number of hydrogen-bond acceptors (Lipinski definition) is 3. The van der Waals surface area contributed by atoms with Crippen LogP contribution in [0.15, 0.2) is 59.5 Å². The molecule has 2 aromatic rings. The molecular formula is C18H19F3N2O3S. The van der Waals surface area contributed by atoms with Crippen molar-refractivity contribution in [2.45, 2.75) is 30.3 Å². The molecule has 0 saturated heterocycles. The van der Waals surface area contributed by atoms with E-state index >= 15 is 0 Å². The third kappa shape index (κ3) is 5.54. The summed E-state index contributed by atoms with van der Waals surface area (Å²) < 4.78 is 61.8. The summed E-state index contributed by atoms with van der Waals surface area (Å²) in [6.45, 7) is 1.84. The lowest BCUT2D eigenvalue weighted by atomic mass is 9.83. The molecule has 0 heterocycles. The largest absolute Gasteiger partial charge is 0.402 e. The van der Waals surface area contributed by atoms with E-state index in [1.807, 2.05) is 30.3 Å². The average molecular weight is 400 g/mol. The van der Waals surface area contributed by atoms with Crippen LogP contribution in [0.25, 0.3) is 0 Å². The second-order valence-corrected chi connectivity index (χ2v) is 8.18. The molecule has 0 atom stereocenters. The molecule has 2 aromatic carbocycles. The topological polar surface area (TPSA) is 75.3 Å². The summed E-state index contributed by atoms with van der Waals surface area (Å²) >= 11 is 0. The Morgan fingerprint density at radius 3 is 2.04 bits per heavy atom. The molecule has 0 aromatic heterocycles. The van der Waals surface area contributed by atoms with Crippen molar-refractivity contribution in [1.82, 2.24) is 4.72 Å². The maximum atomic E-state index is 12.6. The average Bonchev–Trinajstić information content (AvgIpc) is 2.61. The summed E-state index contributed by atoms with van der Waals surface area (Å²) in [5.74, 6) is -0.306. The molecular weight excluding hydrogens is 381 g/mol. The molecule has 0 fully saturated rings. The SMILES string of the molecule is CC(C)(C(=O)Nc1ccc(S(=O)(=O)NCC(F)(F)F)cc1)c1ccccc1. The number of rotatable bonds is 6. The summed E-state index contributed by atoms with van der Waals surface area (Å²) in [7, 11) is -4.29. The van der Waals surface area contributed by atoms with E-state index in [4.69, 9.17) is 0 Å². The highest BCUT2D eigenvalue weighted by atomic mass is 32.2. The first kappa shape index (κ1) is 20.9. The smallest absolute Gasteiger partial charge is 0.325 e. The van der Waals surface area contributed by atoms with Gasteiger partial charge >= 0.3 is 6.18 Å². The Labute approximate surface area is 155 Å². The third-order valence-corrected chi connectivity index (χ3v) is 5.37. The molecule has 0 unspecified atom stereocenters. The van der Waals surface area contributed by atoms with Crippen LogP contribution in [-0.4, -0.2) is 27.0 Å². The van der Waals surface area contributed by atoms with E-state index in [0.717, 1.165) is 17.7 Å². The lowest BCUT2D eigenvalue weighted by Crippen LogP contribution is -2.35. The lowest BCUT2D eigenvalue weighted by Gasteiger charge is -2.24. The maximum Gasteiger partial charge on any atom is 0.402 e. The number of anilines is 1. The zero-order valence-corrected chi connectivity index (χ0v) is 15.5. The van der Waals surface area contributed by atoms with E-state index in [2.05, 4.69) is 5.32 Å². The normalized spacial score (nSPS) is 12.6. The predicted molar refractivity (Wildman–Crippen MR) is 95.8 cm³/mol. The fourth-order valence-electron chi connectivity index (χ4n) is 2.25. The number of hydrogen-bond donors (Lipinski definition) is 2. The van der Waals surface area contributed by atoms with Gasteiger partial charge in [0.2, 0.25) is 15.9 Å². The molecule has 2 N–H and O–H groups in total. The van der Waals surface area contributed by atoms with Crippen LogP contribution in [0.4, 0.5) is 18.9 Å². The highest BCUT2D eigenvalue weighted by molar-refractivity contribution is 7.89. The molecule has 1 amide bonds. The number of carbonyl (C=O) groups excluding carboxylic acids is 1. The van der Waals surface area contributed by atoms with Crippen LogP contribution in [-0.2, 0) is 20.2 Å². The summed E-state index contributed by atoms with van der Waals surface area (Å²) in [5, 5.41) is 2.68. The van der Waals surface area contributed by atoms with Crippen molar-refractivity contribution in [3.63, 3.8) is 0 Å². The minimum atomic E-state index is -4.65. The van der Waals surface area contributed by atoms with Gasteiger partial charge in [-0.15, -0.1) is 0 Å². The monoisotopic (exact) mass is 400 g/mol. The number of carbonyl (C=O) groups is 1. The van der Waals surface area contributed by atoms with E-state index in [1.165, 1.54) is 16.9 Å². The second-order valence-electron chi connectivity index (χ2n) is 6.41. The van der Waals surface area contributed by atoms with Gasteiger partial charge in [0.15, 0.2) is 0 Å². The number of amides is 1. The van der Waals surface area contributed by atoms with Crippen LogP contribution in [0.2, 0.25) is 0 Å². The van der Waals surface area contributed by atoms with Gasteiger partial charge < -0.3 is 5.32 Å². The van der Waals surface area contributed by atoms with Crippen molar-refractivity contribution < 1.29 is 26.4 Å². The molecule has 9 heteroatoms. The number of sulfonamides is 1. The molecule has 5 nitrogen and oxygen atoms in total. The van der Waals surface area contributed by atoms with Crippen LogP contribution in [0, 0.1) is 0 Å². The molecule has 0 aliphatic carbocycles. The Morgan fingerprint density at radius 1 is 0.963 bits per heavy atom. The number of halogens is 3. The van der Waals surface area contributed by atoms with Crippen molar-refractivity contribution in [3.05, 3.63) is 60.2 Å². The molecule has 0 aliphatic heterocycles. The molecule has 27 heavy (non-hydrogen) atoms. The van der Waals surface area contributed by atoms with Gasteiger partial charge in [-0.2, -0.15) is 13.2 Å². The zero-order chi connectivity index (χ0) is 20.3. The summed E-state index contributed by atoms with van der Waals surface area (Å²) in [6.07, 6.45) is -4.65. The van der Waals surface area contributed by atoms with Crippen molar-refractivity contribution in [3.8, 4) is 0 Å². The fraction of sp³-hybridized carbons (Fsp3) is 0.278. The van der Waals surface area contributed by atoms with E-state index in [0.29, 0.717) is 5.69 Å². The maximum absolute atomic E-state index is 12.6. The molecule has 0 spiro atoms. The summed E-state index contributed by atoms with van der Waals surface area (Å²) in [6, 6.07) is 14.0. The fourth-order valence-corrected chi connectivity index (χ4v) is 3.27. The first-order valence-electron chi connectivity index (χ1n) is 7.95. The van der Waals surface area contributed by atoms with Crippen LogP contribution in [0.3, 0.4) is 0 Å². The Kier molecular flexibility index (Phi) is 5.96. The van der Waals surface area contributed by atoms with Gasteiger partial charge in [0.25, 0.3) is 0 Å². The van der Waals surface area contributed by atoms with Gasteiger partial charge in [-0.25, -0.2) is 13.1 Å². The number of nitrogens with one attached hydrogen (secondary N) is 2. The molecule has 2 rings (SSSR count). The third-order valence-electron chi connectivity index (χ3n) is 3.95. The van der Waals surface area contributed by atoms with Crippen LogP contribution in [0.1, 0.15) is 19.4 Å². The predicted octanol–water partition coefficient (Wildman–Crippen LogP) is 3.44. The quantitative estimate of drug-likeness (QED) is 0.780. The minimum absolute atomic E-state index is 0.306. The molecule has 0 aliphatic rings. The van der Waals surface area contributed by atoms with Crippen LogP contribution in [0.5, 0.6) is 0 Å². The van der Waals surface area contributed by atoms with Crippen molar-refractivity contribution in [2.75, 3.05) is 11.9 Å². The van der Waals surface area contributed by atoms with Crippen LogP contribution < -0.4 is 10.0 Å². The van der Waals surface area contributed by atoms with Gasteiger partial charge in [-0.05, 0) is 43.7 Å². The number of alkyl halides is 3. The Balaban J connectivity index is 2.10. The highest BCUT2D eigenvalue weighted by Crippen LogP contribution is 2.25. The molecule has 0 radical (unpaired) electrons. The Bertz CT molecular complexity index is 894. The van der Waals surface area contributed by atoms with E-state index in [1.54, 1.807) is 13.8 Å². The molecule has 0 saturated carbocycles. The van der Waals surface area contributed by atoms with Gasteiger partial charge in [-0.3, -0.25) is 4.79 Å². The summed E-state index contributed by atoms with van der Waals surface area (Å²) in [5.41, 5.74) is 0.303. The van der Waals surface area contributed by atoms with Gasteiger partial charge in [0.05, 0.1) is 10.3 Å². The minimum Gasteiger partial charge on any atom is -0.325 e. The highest BCUT2D eigenvalue weighted by Gasteiger charge is 2.31. The lowest BCUT2D eigenvalue weighted by molar-refractivity contribution is -0.121. The zero-order valence-electron chi connectivity index (χ0n) is 14.7. The van der Waals surface area contributed by atoms with E-state index < -0.39 is 28.2 Å². The molecule has 146 valence electrons. The Morgan fingerprint density at radius 2 is 1.52 bits per heavy atom.